The number of cyclic esters (lactones) is 1. The van der Waals surface area contributed by atoms with E-state index < -0.39 is 12.2 Å². The number of hydrogen-bond donors (Lipinski definition) is 1. The lowest BCUT2D eigenvalue weighted by Crippen LogP contribution is -2.34. The van der Waals surface area contributed by atoms with Gasteiger partial charge in [0, 0.05) is 30.5 Å². The number of hydrogen-bond acceptors (Lipinski definition) is 5. The maximum Gasteiger partial charge on any atom is 0.414 e. The van der Waals surface area contributed by atoms with Gasteiger partial charge in [0.2, 0.25) is 5.91 Å². The number of rotatable bonds is 4. The van der Waals surface area contributed by atoms with Crippen LogP contribution in [0.1, 0.15) is 13.3 Å². The summed E-state index contributed by atoms with van der Waals surface area (Å²) in [4.78, 5) is 26.6. The number of nitrogens with one attached hydrogen (secondary N) is 1. The van der Waals surface area contributed by atoms with Crippen molar-refractivity contribution < 1.29 is 18.7 Å². The minimum absolute atomic E-state index is 0.178. The van der Waals surface area contributed by atoms with Gasteiger partial charge in [-0.2, -0.15) is 11.8 Å². The zero-order valence-corrected chi connectivity index (χ0v) is 14.7. The lowest BCUT2D eigenvalue weighted by molar-refractivity contribution is -0.119. The van der Waals surface area contributed by atoms with Crippen LogP contribution < -0.4 is 15.1 Å². The van der Waals surface area contributed by atoms with Gasteiger partial charge in [-0.25, -0.2) is 9.18 Å². The molecule has 134 valence electrons. The summed E-state index contributed by atoms with van der Waals surface area (Å²) >= 11 is 1.96. The molecule has 0 spiro atoms. The van der Waals surface area contributed by atoms with E-state index in [1.165, 1.54) is 17.9 Å². The Morgan fingerprint density at radius 2 is 2.28 bits per heavy atom. The first kappa shape index (κ1) is 16.5. The number of anilines is 2. The SMILES string of the molecule is CC(=O)NC[C@H]1CN(c2ccc(N3C[C@H]4C[C@@H]3CS4)c(F)c2)C(=O)O1. The van der Waals surface area contributed by atoms with Crippen molar-refractivity contribution in [2.24, 2.45) is 0 Å². The maximum atomic E-state index is 14.7. The molecule has 1 aromatic rings. The van der Waals surface area contributed by atoms with Crippen LogP contribution in [0.25, 0.3) is 0 Å². The average Bonchev–Trinajstić information content (AvgIpc) is 3.28. The van der Waals surface area contributed by atoms with E-state index in [0.29, 0.717) is 29.2 Å². The Morgan fingerprint density at radius 1 is 1.44 bits per heavy atom. The zero-order valence-electron chi connectivity index (χ0n) is 13.9. The summed E-state index contributed by atoms with van der Waals surface area (Å²) in [5.41, 5.74) is 1.09. The van der Waals surface area contributed by atoms with Crippen molar-refractivity contribution in [2.45, 2.75) is 30.7 Å². The smallest absolute Gasteiger partial charge is 0.414 e. The van der Waals surface area contributed by atoms with Gasteiger partial charge < -0.3 is 15.0 Å². The monoisotopic (exact) mass is 365 g/mol. The summed E-state index contributed by atoms with van der Waals surface area (Å²) in [5.74, 6) is 0.561. The quantitative estimate of drug-likeness (QED) is 0.884. The van der Waals surface area contributed by atoms with Gasteiger partial charge in [-0.15, -0.1) is 0 Å². The molecule has 0 saturated carbocycles. The van der Waals surface area contributed by atoms with Crippen molar-refractivity contribution in [2.75, 3.05) is 35.2 Å². The number of benzene rings is 1. The Kier molecular flexibility index (Phi) is 4.23. The van der Waals surface area contributed by atoms with Gasteiger partial charge in [-0.3, -0.25) is 9.69 Å². The molecule has 3 fully saturated rings. The van der Waals surface area contributed by atoms with Crippen molar-refractivity contribution >= 4 is 35.1 Å². The van der Waals surface area contributed by atoms with Crippen LogP contribution in [0.4, 0.5) is 20.6 Å². The second-order valence-electron chi connectivity index (χ2n) is 6.69. The summed E-state index contributed by atoms with van der Waals surface area (Å²) < 4.78 is 19.9. The predicted octanol–water partition coefficient (Wildman–Crippen LogP) is 1.98. The highest BCUT2D eigenvalue weighted by Gasteiger charge is 2.40. The van der Waals surface area contributed by atoms with Gasteiger partial charge >= 0.3 is 6.09 Å². The van der Waals surface area contributed by atoms with Crippen LogP contribution in [0, 0.1) is 5.82 Å². The Hall–Kier alpha value is -1.96. The Morgan fingerprint density at radius 3 is 2.92 bits per heavy atom. The summed E-state index contributed by atoms with van der Waals surface area (Å²) in [6, 6.07) is 5.33. The number of ether oxygens (including phenoxy) is 1. The van der Waals surface area contributed by atoms with E-state index in [-0.39, 0.29) is 18.3 Å². The molecule has 2 bridgehead atoms. The molecule has 1 N–H and O–H groups in total. The van der Waals surface area contributed by atoms with E-state index in [1.54, 1.807) is 12.1 Å². The topological polar surface area (TPSA) is 61.9 Å². The second kappa shape index (κ2) is 6.40. The molecule has 0 aliphatic carbocycles. The van der Waals surface area contributed by atoms with Gasteiger partial charge in [0.05, 0.1) is 24.5 Å². The van der Waals surface area contributed by atoms with Crippen LogP contribution in [0.15, 0.2) is 18.2 Å². The highest BCUT2D eigenvalue weighted by molar-refractivity contribution is 8.00. The first-order valence-electron chi connectivity index (χ1n) is 8.41. The third-order valence-corrected chi connectivity index (χ3v) is 6.30. The molecule has 2 amide bonds. The van der Waals surface area contributed by atoms with Gasteiger partial charge in [-0.05, 0) is 24.6 Å². The molecule has 3 atom stereocenters. The Labute approximate surface area is 149 Å². The third-order valence-electron chi connectivity index (χ3n) is 4.91. The van der Waals surface area contributed by atoms with Crippen molar-refractivity contribution in [3.63, 3.8) is 0 Å². The van der Waals surface area contributed by atoms with E-state index >= 15 is 0 Å². The molecule has 25 heavy (non-hydrogen) atoms. The minimum atomic E-state index is -0.515. The molecule has 0 aromatic heterocycles. The molecule has 3 heterocycles. The van der Waals surface area contributed by atoms with E-state index in [4.69, 9.17) is 4.74 Å². The fourth-order valence-electron chi connectivity index (χ4n) is 3.69. The molecule has 3 saturated heterocycles. The number of amides is 2. The zero-order chi connectivity index (χ0) is 17.6. The van der Waals surface area contributed by atoms with Gasteiger partial charge in [-0.1, -0.05) is 0 Å². The molecule has 0 unspecified atom stereocenters. The fourth-order valence-corrected chi connectivity index (χ4v) is 5.12. The highest BCUT2D eigenvalue weighted by Crippen LogP contribution is 2.41. The Bertz CT molecular complexity index is 716. The number of carbonyl (C=O) groups excluding carboxylic acids is 2. The van der Waals surface area contributed by atoms with Crippen LogP contribution in [0.2, 0.25) is 0 Å². The molecule has 3 aliphatic rings. The molecular weight excluding hydrogens is 345 g/mol. The average molecular weight is 365 g/mol. The number of halogens is 1. The molecule has 3 aliphatic heterocycles. The maximum absolute atomic E-state index is 14.7. The summed E-state index contributed by atoms with van der Waals surface area (Å²) in [5, 5.41) is 3.23. The molecule has 1 aromatic carbocycles. The molecule has 6 nitrogen and oxygen atoms in total. The van der Waals surface area contributed by atoms with Crippen molar-refractivity contribution in [3.05, 3.63) is 24.0 Å². The van der Waals surface area contributed by atoms with Crippen LogP contribution in [0.5, 0.6) is 0 Å². The number of thioether (sulfide) groups is 1. The normalized spacial score (nSPS) is 27.8. The van der Waals surface area contributed by atoms with Gasteiger partial charge in [0.25, 0.3) is 0 Å². The first-order chi connectivity index (χ1) is 12.0. The third kappa shape index (κ3) is 3.15. The van der Waals surface area contributed by atoms with Gasteiger partial charge in [0.1, 0.15) is 11.9 Å². The lowest BCUT2D eigenvalue weighted by Gasteiger charge is -2.29. The highest BCUT2D eigenvalue weighted by atomic mass is 32.2. The van der Waals surface area contributed by atoms with E-state index in [9.17, 15) is 14.0 Å². The summed E-state index contributed by atoms with van der Waals surface area (Å²) in [6.45, 7) is 2.85. The van der Waals surface area contributed by atoms with Crippen molar-refractivity contribution in [1.29, 1.82) is 0 Å². The van der Waals surface area contributed by atoms with Crippen LogP contribution in [0.3, 0.4) is 0 Å². The summed E-state index contributed by atoms with van der Waals surface area (Å²) in [6.07, 6.45) is 0.180. The first-order valence-corrected chi connectivity index (χ1v) is 9.46. The predicted molar refractivity (Wildman–Crippen MR) is 94.7 cm³/mol. The molecular formula is C17H20FN3O3S. The van der Waals surface area contributed by atoms with Gasteiger partial charge in [0.15, 0.2) is 0 Å². The minimum Gasteiger partial charge on any atom is -0.442 e. The second-order valence-corrected chi connectivity index (χ2v) is 8.02. The Balaban J connectivity index is 1.47. The largest absolute Gasteiger partial charge is 0.442 e. The standard InChI is InChI=1S/C17H20FN3O3S/c1-10(22)19-6-13-7-21(17(23)24-13)11-2-3-16(15(18)5-11)20-8-14-4-12(20)9-25-14/h2-3,5,12-14H,4,6-9H2,1H3,(H,19,22)/t12-,13+,14-/m1/s1. The van der Waals surface area contributed by atoms with Crippen molar-refractivity contribution in [3.8, 4) is 0 Å². The van der Waals surface area contributed by atoms with Crippen LogP contribution >= 0.6 is 11.8 Å². The van der Waals surface area contributed by atoms with E-state index in [0.717, 1.165) is 18.7 Å². The molecule has 8 heteroatoms. The van der Waals surface area contributed by atoms with Crippen molar-refractivity contribution in [1.82, 2.24) is 5.32 Å². The van der Waals surface area contributed by atoms with E-state index in [1.807, 2.05) is 11.8 Å². The van der Waals surface area contributed by atoms with E-state index in [2.05, 4.69) is 10.2 Å². The lowest BCUT2D eigenvalue weighted by atomic mass is 10.2. The molecule has 4 rings (SSSR count). The molecule has 0 radical (unpaired) electrons. The van der Waals surface area contributed by atoms with Crippen LogP contribution in [-0.2, 0) is 9.53 Å². The number of nitrogens with zero attached hydrogens (tertiary/aromatic N) is 2. The number of fused-ring (bicyclic) bond motifs is 2. The fraction of sp³-hybridized carbons (Fsp3) is 0.529. The van der Waals surface area contributed by atoms with Crippen LogP contribution in [-0.4, -0.2) is 54.8 Å². The summed E-state index contributed by atoms with van der Waals surface area (Å²) in [7, 11) is 0. The number of carbonyl (C=O) groups is 2.